The lowest BCUT2D eigenvalue weighted by Crippen LogP contribution is -1.97. The number of hydrogen-bond donors (Lipinski definition) is 2. The maximum atomic E-state index is 14.1. The van der Waals surface area contributed by atoms with Crippen LogP contribution < -0.4 is 5.73 Å². The smallest absolute Gasteiger partial charge is 0.174 e. The minimum atomic E-state index is -0.680. The van der Waals surface area contributed by atoms with Gasteiger partial charge in [-0.3, -0.25) is 4.98 Å². The minimum Gasteiger partial charge on any atom is -0.505 e. The molecule has 0 spiro atoms. The van der Waals surface area contributed by atoms with Crippen molar-refractivity contribution in [2.75, 3.05) is 5.73 Å². The van der Waals surface area contributed by atoms with Gasteiger partial charge in [-0.2, -0.15) is 0 Å². The number of aromatic nitrogens is 2. The van der Waals surface area contributed by atoms with Gasteiger partial charge < -0.3 is 10.8 Å². The molecule has 94 valence electrons. The summed E-state index contributed by atoms with van der Waals surface area (Å²) in [5, 5.41) is 9.82. The molecule has 0 saturated carbocycles. The van der Waals surface area contributed by atoms with Crippen molar-refractivity contribution in [2.24, 2.45) is 0 Å². The zero-order valence-corrected chi connectivity index (χ0v) is 10.2. The Balaban J connectivity index is 2.53. The van der Waals surface area contributed by atoms with E-state index in [2.05, 4.69) is 9.97 Å². The highest BCUT2D eigenvalue weighted by Gasteiger charge is 2.16. The van der Waals surface area contributed by atoms with Crippen molar-refractivity contribution in [3.05, 3.63) is 35.9 Å². The van der Waals surface area contributed by atoms with Crippen LogP contribution in [0.1, 0.15) is 25.3 Å². The Bertz CT molecular complexity index is 567. The average molecular weight is 247 g/mol. The second-order valence-electron chi connectivity index (χ2n) is 4.35. The van der Waals surface area contributed by atoms with Crippen molar-refractivity contribution < 1.29 is 9.50 Å². The molecule has 1 aromatic heterocycles. The fourth-order valence-electron chi connectivity index (χ4n) is 1.72. The van der Waals surface area contributed by atoms with Gasteiger partial charge in [0.2, 0.25) is 0 Å². The van der Waals surface area contributed by atoms with Gasteiger partial charge in [-0.15, -0.1) is 0 Å². The Kier molecular flexibility index (Phi) is 3.14. The van der Waals surface area contributed by atoms with Gasteiger partial charge in [0.05, 0.1) is 18.1 Å². The van der Waals surface area contributed by atoms with E-state index >= 15 is 0 Å². The van der Waals surface area contributed by atoms with Crippen LogP contribution in [-0.4, -0.2) is 15.1 Å². The number of nitrogen functional groups attached to an aromatic ring is 1. The van der Waals surface area contributed by atoms with Gasteiger partial charge in [0.25, 0.3) is 0 Å². The Morgan fingerprint density at radius 3 is 2.50 bits per heavy atom. The largest absolute Gasteiger partial charge is 0.505 e. The lowest BCUT2D eigenvalue weighted by atomic mass is 9.99. The highest BCUT2D eigenvalue weighted by molar-refractivity contribution is 5.63. The predicted octanol–water partition coefficient (Wildman–Crippen LogP) is 2.69. The molecule has 1 heterocycles. The van der Waals surface area contributed by atoms with Crippen LogP contribution in [0.25, 0.3) is 11.3 Å². The molecular formula is C13H14FN3O. The summed E-state index contributed by atoms with van der Waals surface area (Å²) in [6.07, 6.45) is 2.73. The zero-order valence-electron chi connectivity index (χ0n) is 10.2. The van der Waals surface area contributed by atoms with Gasteiger partial charge in [0, 0.05) is 5.56 Å². The number of aromatic hydroxyl groups is 1. The van der Waals surface area contributed by atoms with Crippen LogP contribution in [0.3, 0.4) is 0 Å². The van der Waals surface area contributed by atoms with Crippen molar-refractivity contribution in [3.63, 3.8) is 0 Å². The molecule has 2 aromatic rings. The van der Waals surface area contributed by atoms with Crippen molar-refractivity contribution >= 4 is 5.82 Å². The molecule has 1 aromatic carbocycles. The number of anilines is 1. The summed E-state index contributed by atoms with van der Waals surface area (Å²) in [4.78, 5) is 7.84. The first-order valence-corrected chi connectivity index (χ1v) is 5.60. The van der Waals surface area contributed by atoms with Crippen molar-refractivity contribution in [3.8, 4) is 17.0 Å². The first-order chi connectivity index (χ1) is 8.50. The first kappa shape index (κ1) is 12.3. The third kappa shape index (κ3) is 2.11. The van der Waals surface area contributed by atoms with E-state index < -0.39 is 5.82 Å². The highest BCUT2D eigenvalue weighted by Crippen LogP contribution is 2.33. The van der Waals surface area contributed by atoms with Crippen LogP contribution >= 0.6 is 0 Å². The van der Waals surface area contributed by atoms with E-state index in [-0.39, 0.29) is 23.0 Å². The third-order valence-corrected chi connectivity index (χ3v) is 2.72. The second kappa shape index (κ2) is 4.60. The maximum absolute atomic E-state index is 14.1. The van der Waals surface area contributed by atoms with E-state index in [0.717, 1.165) is 0 Å². The van der Waals surface area contributed by atoms with E-state index in [1.165, 1.54) is 12.4 Å². The molecule has 0 aliphatic rings. The number of nitrogens with two attached hydrogens (primary N) is 1. The zero-order chi connectivity index (χ0) is 13.3. The normalized spacial score (nSPS) is 10.9. The van der Waals surface area contributed by atoms with Crippen molar-refractivity contribution in [1.82, 2.24) is 9.97 Å². The number of benzene rings is 1. The Labute approximate surface area is 104 Å². The topological polar surface area (TPSA) is 72.0 Å². The van der Waals surface area contributed by atoms with Crippen LogP contribution in [0.5, 0.6) is 5.75 Å². The van der Waals surface area contributed by atoms with Crippen molar-refractivity contribution in [2.45, 2.75) is 19.8 Å². The molecule has 0 aliphatic heterocycles. The minimum absolute atomic E-state index is 0.0473. The summed E-state index contributed by atoms with van der Waals surface area (Å²) in [5.74, 6) is -0.699. The average Bonchev–Trinajstić information content (AvgIpc) is 2.33. The molecule has 0 fully saturated rings. The molecule has 0 unspecified atom stereocenters. The fraction of sp³-hybridized carbons (Fsp3) is 0.231. The van der Waals surface area contributed by atoms with Crippen molar-refractivity contribution in [1.29, 1.82) is 0 Å². The van der Waals surface area contributed by atoms with E-state index in [0.29, 0.717) is 11.3 Å². The third-order valence-electron chi connectivity index (χ3n) is 2.72. The molecule has 4 nitrogen and oxygen atoms in total. The van der Waals surface area contributed by atoms with Crippen LogP contribution in [0.4, 0.5) is 10.2 Å². The monoisotopic (exact) mass is 247 g/mol. The molecule has 0 aliphatic carbocycles. The van der Waals surface area contributed by atoms with Gasteiger partial charge in [-0.1, -0.05) is 19.9 Å². The Hall–Kier alpha value is -2.17. The van der Waals surface area contributed by atoms with E-state index in [9.17, 15) is 9.50 Å². The van der Waals surface area contributed by atoms with Gasteiger partial charge in [0.15, 0.2) is 11.6 Å². The SMILES string of the molecule is CC(C)c1ccc(-c2cnc(N)cn2)c(F)c1O. The highest BCUT2D eigenvalue weighted by atomic mass is 19.1. The quantitative estimate of drug-likeness (QED) is 0.855. The molecule has 18 heavy (non-hydrogen) atoms. The molecule has 5 heteroatoms. The Morgan fingerprint density at radius 2 is 1.94 bits per heavy atom. The molecule has 3 N–H and O–H groups in total. The number of nitrogens with zero attached hydrogens (tertiary/aromatic N) is 2. The first-order valence-electron chi connectivity index (χ1n) is 5.60. The maximum Gasteiger partial charge on any atom is 0.174 e. The van der Waals surface area contributed by atoms with Crippen LogP contribution in [0, 0.1) is 5.82 Å². The molecule has 0 atom stereocenters. The van der Waals surface area contributed by atoms with Crippen LogP contribution in [0.2, 0.25) is 0 Å². The van der Waals surface area contributed by atoms with E-state index in [1.807, 2.05) is 13.8 Å². The number of halogens is 1. The summed E-state index contributed by atoms with van der Waals surface area (Å²) in [5.41, 5.74) is 6.54. The number of rotatable bonds is 2. The summed E-state index contributed by atoms with van der Waals surface area (Å²) in [6, 6.07) is 3.28. The summed E-state index contributed by atoms with van der Waals surface area (Å²) in [6.45, 7) is 3.77. The molecule has 0 amide bonds. The summed E-state index contributed by atoms with van der Waals surface area (Å²) < 4.78 is 14.1. The van der Waals surface area contributed by atoms with Crippen LogP contribution in [-0.2, 0) is 0 Å². The Morgan fingerprint density at radius 1 is 1.22 bits per heavy atom. The number of hydrogen-bond acceptors (Lipinski definition) is 4. The molecule has 0 saturated heterocycles. The standard InChI is InChI=1S/C13H14FN3O/c1-7(2)8-3-4-9(12(14)13(8)18)10-5-17-11(15)6-16-10/h3-7,18H,1-2H3,(H2,15,17). The molecule has 2 rings (SSSR count). The molecular weight excluding hydrogens is 233 g/mol. The van der Waals surface area contributed by atoms with Crippen LogP contribution in [0.15, 0.2) is 24.5 Å². The van der Waals surface area contributed by atoms with E-state index in [4.69, 9.17) is 5.73 Å². The van der Waals surface area contributed by atoms with Gasteiger partial charge in [0.1, 0.15) is 5.82 Å². The lowest BCUT2D eigenvalue weighted by Gasteiger charge is -2.11. The van der Waals surface area contributed by atoms with Gasteiger partial charge >= 0.3 is 0 Å². The summed E-state index contributed by atoms with van der Waals surface area (Å²) in [7, 11) is 0. The predicted molar refractivity (Wildman–Crippen MR) is 67.6 cm³/mol. The molecule has 0 radical (unpaired) electrons. The van der Waals surface area contributed by atoms with Gasteiger partial charge in [-0.25, -0.2) is 9.37 Å². The molecule has 0 bridgehead atoms. The van der Waals surface area contributed by atoms with E-state index in [1.54, 1.807) is 12.1 Å². The number of phenols is 1. The van der Waals surface area contributed by atoms with Gasteiger partial charge in [-0.05, 0) is 17.5 Å². The number of phenolic OH excluding ortho intramolecular Hbond substituents is 1. The summed E-state index contributed by atoms with van der Waals surface area (Å²) >= 11 is 0. The second-order valence-corrected chi connectivity index (χ2v) is 4.35. The fourth-order valence-corrected chi connectivity index (χ4v) is 1.72. The lowest BCUT2D eigenvalue weighted by molar-refractivity contribution is 0.424.